The highest BCUT2D eigenvalue weighted by atomic mass is 35.5. The molecule has 3 aromatic heterocycles. The number of nitrogens with zero attached hydrogens (tertiary/aromatic N) is 5. The first kappa shape index (κ1) is 14.7. The summed E-state index contributed by atoms with van der Waals surface area (Å²) in [5.41, 5.74) is 1.32. The summed E-state index contributed by atoms with van der Waals surface area (Å²) in [6, 6.07) is 7.41. The summed E-state index contributed by atoms with van der Waals surface area (Å²) >= 11 is 6.02. The molecule has 0 spiro atoms. The van der Waals surface area contributed by atoms with Crippen LogP contribution in [-0.2, 0) is 0 Å². The van der Waals surface area contributed by atoms with Crippen LogP contribution in [0.15, 0.2) is 35.4 Å². The SMILES string of the molecule is N#Cc1c(N2CC[C@@H](n3cccn3)C2)c2nc(Cl)ccc2[nH]c1=O. The van der Waals surface area contributed by atoms with Crippen LogP contribution in [0.5, 0.6) is 0 Å². The zero-order valence-corrected chi connectivity index (χ0v) is 13.4. The van der Waals surface area contributed by atoms with E-state index < -0.39 is 5.56 Å². The summed E-state index contributed by atoms with van der Waals surface area (Å²) in [5.74, 6) is 0. The molecule has 0 radical (unpaired) electrons. The zero-order chi connectivity index (χ0) is 16.7. The summed E-state index contributed by atoms with van der Waals surface area (Å²) in [5, 5.41) is 14.1. The summed E-state index contributed by atoms with van der Waals surface area (Å²) in [6.45, 7) is 1.37. The van der Waals surface area contributed by atoms with Crippen LogP contribution in [0.4, 0.5) is 5.69 Å². The number of halogens is 1. The van der Waals surface area contributed by atoms with Gasteiger partial charge in [0.25, 0.3) is 5.56 Å². The molecule has 0 aromatic carbocycles. The van der Waals surface area contributed by atoms with E-state index in [2.05, 4.69) is 15.1 Å². The Bertz CT molecular complexity index is 1000. The molecular weight excluding hydrogens is 328 g/mol. The Morgan fingerprint density at radius 3 is 3.04 bits per heavy atom. The molecule has 1 aliphatic heterocycles. The molecule has 24 heavy (non-hydrogen) atoms. The van der Waals surface area contributed by atoms with Crippen LogP contribution in [0, 0.1) is 11.3 Å². The Kier molecular flexibility index (Phi) is 3.47. The monoisotopic (exact) mass is 340 g/mol. The van der Waals surface area contributed by atoms with Gasteiger partial charge in [0.15, 0.2) is 0 Å². The molecule has 0 amide bonds. The van der Waals surface area contributed by atoms with Gasteiger partial charge >= 0.3 is 0 Å². The first-order chi connectivity index (χ1) is 11.7. The lowest BCUT2D eigenvalue weighted by molar-refractivity contribution is 0.495. The highest BCUT2D eigenvalue weighted by Crippen LogP contribution is 2.32. The number of anilines is 1. The van der Waals surface area contributed by atoms with Crippen molar-refractivity contribution in [2.24, 2.45) is 0 Å². The lowest BCUT2D eigenvalue weighted by atomic mass is 10.1. The standard InChI is InChI=1S/C16H13ClN6O/c17-13-3-2-12-14(21-13)15(11(8-18)16(24)20-12)22-7-4-10(9-22)23-6-1-5-19-23/h1-3,5-6,10H,4,7,9H2,(H,20,24)/t10-/m1/s1. The Morgan fingerprint density at radius 2 is 2.29 bits per heavy atom. The van der Waals surface area contributed by atoms with E-state index in [0.717, 1.165) is 6.42 Å². The van der Waals surface area contributed by atoms with Crippen LogP contribution in [0.2, 0.25) is 5.15 Å². The van der Waals surface area contributed by atoms with Crippen molar-refractivity contribution in [3.05, 3.63) is 51.7 Å². The topological polar surface area (TPSA) is 90.6 Å². The van der Waals surface area contributed by atoms with E-state index in [4.69, 9.17) is 11.6 Å². The molecule has 1 atom stereocenters. The summed E-state index contributed by atoms with van der Waals surface area (Å²) in [7, 11) is 0. The first-order valence-corrected chi connectivity index (χ1v) is 7.92. The van der Waals surface area contributed by atoms with Gasteiger partial charge in [-0.2, -0.15) is 10.4 Å². The van der Waals surface area contributed by atoms with Gasteiger partial charge in [-0.3, -0.25) is 9.48 Å². The van der Waals surface area contributed by atoms with Crippen LogP contribution in [0.1, 0.15) is 18.0 Å². The largest absolute Gasteiger partial charge is 0.366 e. The van der Waals surface area contributed by atoms with Gasteiger partial charge in [-0.15, -0.1) is 0 Å². The number of rotatable bonds is 2. The second kappa shape index (κ2) is 5.65. The number of hydrogen-bond acceptors (Lipinski definition) is 5. The highest BCUT2D eigenvalue weighted by molar-refractivity contribution is 6.29. The van der Waals surface area contributed by atoms with Crippen molar-refractivity contribution >= 4 is 28.3 Å². The van der Waals surface area contributed by atoms with E-state index in [1.807, 2.05) is 27.9 Å². The fraction of sp³-hybridized carbons (Fsp3) is 0.250. The zero-order valence-electron chi connectivity index (χ0n) is 12.6. The maximum Gasteiger partial charge on any atom is 0.268 e. The van der Waals surface area contributed by atoms with Crippen molar-refractivity contribution in [1.29, 1.82) is 5.26 Å². The highest BCUT2D eigenvalue weighted by Gasteiger charge is 2.29. The molecule has 3 aromatic rings. The molecule has 0 unspecified atom stereocenters. The molecule has 1 fully saturated rings. The van der Waals surface area contributed by atoms with Gasteiger partial charge in [0, 0.05) is 25.5 Å². The van der Waals surface area contributed by atoms with Crippen LogP contribution in [-0.4, -0.2) is 32.8 Å². The number of pyridine rings is 2. The van der Waals surface area contributed by atoms with Gasteiger partial charge in [0.2, 0.25) is 0 Å². The van der Waals surface area contributed by atoms with Gasteiger partial charge in [-0.05, 0) is 24.6 Å². The van der Waals surface area contributed by atoms with E-state index in [0.29, 0.717) is 35.0 Å². The molecule has 1 saturated heterocycles. The molecule has 7 nitrogen and oxygen atoms in total. The number of H-pyrrole nitrogens is 1. The van der Waals surface area contributed by atoms with Gasteiger partial charge in [0.05, 0.1) is 17.2 Å². The van der Waals surface area contributed by atoms with E-state index in [1.165, 1.54) is 0 Å². The van der Waals surface area contributed by atoms with Crippen molar-refractivity contribution in [2.45, 2.75) is 12.5 Å². The maximum absolute atomic E-state index is 12.3. The number of aromatic nitrogens is 4. The second-order valence-electron chi connectivity index (χ2n) is 5.69. The van der Waals surface area contributed by atoms with Gasteiger partial charge in [-0.25, -0.2) is 4.98 Å². The molecule has 8 heteroatoms. The Labute approximate surface area is 142 Å². The summed E-state index contributed by atoms with van der Waals surface area (Å²) < 4.78 is 1.90. The van der Waals surface area contributed by atoms with Crippen LogP contribution in [0.3, 0.4) is 0 Å². The van der Waals surface area contributed by atoms with Gasteiger partial charge in [-0.1, -0.05) is 11.6 Å². The Hall–Kier alpha value is -2.85. The summed E-state index contributed by atoms with van der Waals surface area (Å²) in [4.78, 5) is 21.3. The van der Waals surface area contributed by atoms with Crippen LogP contribution < -0.4 is 10.5 Å². The molecular formula is C16H13ClN6O. The lowest BCUT2D eigenvalue weighted by Gasteiger charge is -2.21. The van der Waals surface area contributed by atoms with E-state index in [9.17, 15) is 10.1 Å². The average molecular weight is 341 g/mol. The molecule has 120 valence electrons. The maximum atomic E-state index is 12.3. The van der Waals surface area contributed by atoms with E-state index >= 15 is 0 Å². The minimum absolute atomic E-state index is 0.0679. The minimum Gasteiger partial charge on any atom is -0.366 e. The normalized spacial score (nSPS) is 17.3. The lowest BCUT2D eigenvalue weighted by Crippen LogP contribution is -2.26. The fourth-order valence-corrected chi connectivity index (χ4v) is 3.34. The van der Waals surface area contributed by atoms with Crippen molar-refractivity contribution in [2.75, 3.05) is 18.0 Å². The molecule has 0 aliphatic carbocycles. The van der Waals surface area contributed by atoms with Crippen molar-refractivity contribution < 1.29 is 0 Å². The van der Waals surface area contributed by atoms with Gasteiger partial charge in [0.1, 0.15) is 22.3 Å². The molecule has 4 heterocycles. The van der Waals surface area contributed by atoms with Crippen LogP contribution >= 0.6 is 11.6 Å². The summed E-state index contributed by atoms with van der Waals surface area (Å²) in [6.07, 6.45) is 4.54. The average Bonchev–Trinajstić information content (AvgIpc) is 3.25. The van der Waals surface area contributed by atoms with E-state index in [-0.39, 0.29) is 11.6 Å². The van der Waals surface area contributed by atoms with Crippen molar-refractivity contribution in [3.8, 4) is 6.07 Å². The van der Waals surface area contributed by atoms with Crippen molar-refractivity contribution in [1.82, 2.24) is 19.7 Å². The minimum atomic E-state index is -0.410. The molecule has 4 rings (SSSR count). The Balaban J connectivity index is 1.85. The predicted molar refractivity (Wildman–Crippen MR) is 90.2 cm³/mol. The third-order valence-electron chi connectivity index (χ3n) is 4.29. The van der Waals surface area contributed by atoms with Crippen LogP contribution in [0.25, 0.3) is 11.0 Å². The van der Waals surface area contributed by atoms with E-state index in [1.54, 1.807) is 18.3 Å². The molecule has 1 aliphatic rings. The molecule has 0 bridgehead atoms. The first-order valence-electron chi connectivity index (χ1n) is 7.54. The third kappa shape index (κ3) is 2.32. The Morgan fingerprint density at radius 1 is 1.42 bits per heavy atom. The van der Waals surface area contributed by atoms with Gasteiger partial charge < -0.3 is 9.88 Å². The molecule has 1 N–H and O–H groups in total. The number of aromatic amines is 1. The number of nitrogens with one attached hydrogen (secondary N) is 1. The number of nitriles is 1. The molecule has 0 saturated carbocycles. The number of fused-ring (bicyclic) bond motifs is 1. The predicted octanol–water partition coefficient (Wildman–Crippen LogP) is 2.10. The smallest absolute Gasteiger partial charge is 0.268 e. The number of hydrogen-bond donors (Lipinski definition) is 1. The second-order valence-corrected chi connectivity index (χ2v) is 6.08. The fourth-order valence-electron chi connectivity index (χ4n) is 3.20. The quantitative estimate of drug-likeness (QED) is 0.721. The third-order valence-corrected chi connectivity index (χ3v) is 4.50. The van der Waals surface area contributed by atoms with Crippen molar-refractivity contribution in [3.63, 3.8) is 0 Å².